The number of carbonyl (C=O) groups excluding carboxylic acids is 1. The molecule has 2 saturated heterocycles. The van der Waals surface area contributed by atoms with Gasteiger partial charge in [0.05, 0.1) is 13.2 Å². The lowest BCUT2D eigenvalue weighted by Gasteiger charge is -2.42. The number of benzene rings is 2. The molecule has 0 saturated carbocycles. The number of sulfonamides is 1. The molecule has 8 nitrogen and oxygen atoms in total. The van der Waals surface area contributed by atoms with Gasteiger partial charge in [-0.2, -0.15) is 4.31 Å². The Hall–Kier alpha value is -3.15. The van der Waals surface area contributed by atoms with Gasteiger partial charge < -0.3 is 15.0 Å². The number of nitrogens with zero attached hydrogens (tertiary/aromatic N) is 2. The zero-order valence-corrected chi connectivity index (χ0v) is 20.4. The van der Waals surface area contributed by atoms with Gasteiger partial charge in [-0.15, -0.1) is 0 Å². The lowest BCUT2D eigenvalue weighted by atomic mass is 9.86. The number of hydrogen-bond acceptors (Lipinski definition) is 5. The highest BCUT2D eigenvalue weighted by molar-refractivity contribution is 7.89. The molecular weight excluding hydrogens is 490 g/mol. The van der Waals surface area contributed by atoms with Crippen molar-refractivity contribution in [3.63, 3.8) is 0 Å². The Labute approximate surface area is 207 Å². The van der Waals surface area contributed by atoms with Gasteiger partial charge in [-0.1, -0.05) is 30.3 Å². The number of nitrogens with one attached hydrogen (secondary N) is 2. The topological polar surface area (TPSA) is 104 Å². The van der Waals surface area contributed by atoms with E-state index in [1.54, 1.807) is 31.2 Å². The lowest BCUT2D eigenvalue weighted by molar-refractivity contribution is -0.0751. The first-order valence-electron chi connectivity index (χ1n) is 11.6. The van der Waals surface area contributed by atoms with Crippen molar-refractivity contribution in [1.82, 2.24) is 19.6 Å². The molecule has 2 aromatic carbocycles. The molecule has 2 aliphatic rings. The van der Waals surface area contributed by atoms with Crippen LogP contribution >= 0.6 is 0 Å². The second-order valence-electron chi connectivity index (χ2n) is 9.31. The van der Waals surface area contributed by atoms with Crippen LogP contribution in [0.2, 0.25) is 0 Å². The molecule has 3 heterocycles. The van der Waals surface area contributed by atoms with Crippen LogP contribution in [0.25, 0.3) is 0 Å². The van der Waals surface area contributed by atoms with Crippen LogP contribution in [0.1, 0.15) is 52.3 Å². The number of H-pyrrole nitrogens is 1. The quantitative estimate of drug-likeness (QED) is 0.523. The summed E-state index contributed by atoms with van der Waals surface area (Å²) in [6.45, 7) is 1.40. The van der Waals surface area contributed by atoms with Crippen molar-refractivity contribution in [2.75, 3.05) is 13.2 Å². The molecule has 190 valence electrons. The van der Waals surface area contributed by atoms with Gasteiger partial charge in [-0.3, -0.25) is 4.79 Å². The van der Waals surface area contributed by atoms with Crippen LogP contribution in [0.4, 0.5) is 8.78 Å². The maximum absolute atomic E-state index is 15.4. The predicted octanol–water partition coefficient (Wildman–Crippen LogP) is 3.40. The summed E-state index contributed by atoms with van der Waals surface area (Å²) in [5.41, 5.74) is -0.716. The first kappa shape index (κ1) is 24.5. The molecule has 1 aromatic heterocycles. The molecule has 36 heavy (non-hydrogen) atoms. The summed E-state index contributed by atoms with van der Waals surface area (Å²) >= 11 is 0. The monoisotopic (exact) mass is 516 g/mol. The van der Waals surface area contributed by atoms with Gasteiger partial charge in [0.25, 0.3) is 5.91 Å². The summed E-state index contributed by atoms with van der Waals surface area (Å²) in [4.78, 5) is 19.1. The number of aromatic nitrogens is 2. The summed E-state index contributed by atoms with van der Waals surface area (Å²) in [5.74, 6) is -2.05. The first-order valence-corrected chi connectivity index (χ1v) is 13.2. The van der Waals surface area contributed by atoms with Gasteiger partial charge in [-0.05, 0) is 37.5 Å². The van der Waals surface area contributed by atoms with Gasteiger partial charge >= 0.3 is 0 Å². The predicted molar refractivity (Wildman–Crippen MR) is 127 cm³/mol. The Balaban J connectivity index is 1.42. The third-order valence-corrected chi connectivity index (χ3v) is 9.31. The summed E-state index contributed by atoms with van der Waals surface area (Å²) in [6, 6.07) is 10.6. The van der Waals surface area contributed by atoms with Crippen molar-refractivity contribution in [3.05, 3.63) is 89.0 Å². The van der Waals surface area contributed by atoms with Crippen LogP contribution in [0.3, 0.4) is 0 Å². The minimum absolute atomic E-state index is 0.0363. The minimum atomic E-state index is -3.81. The largest absolute Gasteiger partial charge is 0.376 e. The number of hydrogen-bond donors (Lipinski definition) is 2. The molecule has 2 aliphatic heterocycles. The molecule has 2 atom stereocenters. The molecule has 2 fully saturated rings. The Kier molecular flexibility index (Phi) is 6.39. The summed E-state index contributed by atoms with van der Waals surface area (Å²) < 4.78 is 64.1. The number of aromatic amines is 1. The highest BCUT2D eigenvalue weighted by atomic mass is 32.2. The van der Waals surface area contributed by atoms with Crippen molar-refractivity contribution in [1.29, 1.82) is 0 Å². The molecule has 0 radical (unpaired) electrons. The fourth-order valence-electron chi connectivity index (χ4n) is 4.86. The summed E-state index contributed by atoms with van der Waals surface area (Å²) in [6.07, 6.45) is 3.94. The summed E-state index contributed by atoms with van der Waals surface area (Å²) in [5, 5.41) is 1.95. The Bertz CT molecular complexity index is 1360. The third-order valence-electron chi connectivity index (χ3n) is 6.94. The van der Waals surface area contributed by atoms with Crippen LogP contribution in [0.5, 0.6) is 0 Å². The van der Waals surface area contributed by atoms with Crippen molar-refractivity contribution >= 4 is 15.9 Å². The normalized spacial score (nSPS) is 23.1. The number of imidazole rings is 1. The number of ether oxygens (including phenoxy) is 1. The zero-order valence-electron chi connectivity index (χ0n) is 19.6. The highest BCUT2D eigenvalue weighted by Crippen LogP contribution is 2.39. The van der Waals surface area contributed by atoms with E-state index in [1.165, 1.54) is 16.7 Å². The van der Waals surface area contributed by atoms with Gasteiger partial charge in [0.1, 0.15) is 22.4 Å². The van der Waals surface area contributed by atoms with E-state index in [9.17, 15) is 13.2 Å². The van der Waals surface area contributed by atoms with E-state index < -0.39 is 38.4 Å². The minimum Gasteiger partial charge on any atom is -0.376 e. The first-order chi connectivity index (χ1) is 17.2. The molecule has 0 spiro atoms. The van der Waals surface area contributed by atoms with Gasteiger partial charge in [0, 0.05) is 36.1 Å². The highest BCUT2D eigenvalue weighted by Gasteiger charge is 2.45. The van der Waals surface area contributed by atoms with E-state index >= 15 is 8.78 Å². The van der Waals surface area contributed by atoms with E-state index in [4.69, 9.17) is 4.74 Å². The lowest BCUT2D eigenvalue weighted by Crippen LogP contribution is -2.60. The maximum atomic E-state index is 15.4. The Morgan fingerprint density at radius 1 is 1.19 bits per heavy atom. The van der Waals surface area contributed by atoms with Crippen molar-refractivity contribution < 1.29 is 26.7 Å². The second kappa shape index (κ2) is 9.38. The molecule has 0 bridgehead atoms. The molecule has 5 rings (SSSR count). The van der Waals surface area contributed by atoms with Crippen molar-refractivity contribution in [2.24, 2.45) is 0 Å². The van der Waals surface area contributed by atoms with E-state index in [0.717, 1.165) is 12.1 Å². The van der Waals surface area contributed by atoms with Crippen LogP contribution in [-0.4, -0.2) is 47.9 Å². The van der Waals surface area contributed by atoms with Crippen LogP contribution in [0, 0.1) is 11.6 Å². The molecule has 0 aliphatic carbocycles. The molecular formula is C25H26F2N4O4S. The van der Waals surface area contributed by atoms with Crippen LogP contribution in [0.15, 0.2) is 54.9 Å². The maximum Gasteiger partial charge on any atom is 0.287 e. The molecule has 11 heteroatoms. The van der Waals surface area contributed by atoms with E-state index in [1.807, 2.05) is 6.07 Å². The second-order valence-corrected chi connectivity index (χ2v) is 11.4. The average molecular weight is 517 g/mol. The van der Waals surface area contributed by atoms with Crippen LogP contribution < -0.4 is 5.32 Å². The zero-order chi connectivity index (χ0) is 25.5. The van der Waals surface area contributed by atoms with Crippen LogP contribution in [-0.2, 0) is 26.8 Å². The third kappa shape index (κ3) is 4.31. The molecule has 0 unspecified atom stereocenters. The number of amides is 1. The Morgan fingerprint density at radius 3 is 2.58 bits per heavy atom. The van der Waals surface area contributed by atoms with Crippen molar-refractivity contribution in [2.45, 2.75) is 43.1 Å². The standard InChI is InChI=1S/C25H26F2N4O4S/c1-16-7-8-22(17-5-3-2-4-6-17)36(33,34)31(16)13-18-11-21(27)19(12-20(18)26)25(14-35-15-25)30-24(32)23-28-9-10-29-23/h2-6,9-12,16,22H,7-8,13-15H2,1H3,(H,28,29)(H,30,32)/t16-,22+/m0/s1. The van der Waals surface area contributed by atoms with Gasteiger partial charge in [0.2, 0.25) is 10.0 Å². The average Bonchev–Trinajstić information content (AvgIpc) is 3.37. The Morgan fingerprint density at radius 2 is 1.94 bits per heavy atom. The molecule has 3 aromatic rings. The fraction of sp³-hybridized carbons (Fsp3) is 0.360. The smallest absolute Gasteiger partial charge is 0.287 e. The SMILES string of the molecule is C[C@H]1CC[C@H](c2ccccc2)S(=O)(=O)N1Cc1cc(F)c(C2(NC(=O)c3ncc[nH]3)COC2)cc1F. The molecule has 2 N–H and O–H groups in total. The van der Waals surface area contributed by atoms with E-state index in [2.05, 4.69) is 15.3 Å². The van der Waals surface area contributed by atoms with Crippen molar-refractivity contribution in [3.8, 4) is 0 Å². The number of rotatable bonds is 6. The van der Waals surface area contributed by atoms with Gasteiger partial charge in [0.15, 0.2) is 5.82 Å². The fourth-order valence-corrected chi connectivity index (χ4v) is 7.05. The van der Waals surface area contributed by atoms with Gasteiger partial charge in [-0.25, -0.2) is 22.2 Å². The molecule has 1 amide bonds. The number of halogens is 2. The summed E-state index contributed by atoms with van der Waals surface area (Å²) in [7, 11) is -3.81. The number of carbonyl (C=O) groups is 1. The van der Waals surface area contributed by atoms with E-state index in [0.29, 0.717) is 18.4 Å². The van der Waals surface area contributed by atoms with E-state index in [-0.39, 0.29) is 42.8 Å².